The smallest absolute Gasteiger partial charge is 0.317 e. The van der Waals surface area contributed by atoms with Crippen LogP contribution in [0.15, 0.2) is 24.3 Å². The van der Waals surface area contributed by atoms with E-state index in [1.54, 1.807) is 4.68 Å². The highest BCUT2D eigenvalue weighted by Crippen LogP contribution is 2.26. The number of hydrogen-bond acceptors (Lipinski definition) is 3. The van der Waals surface area contributed by atoms with Crippen molar-refractivity contribution >= 4 is 5.97 Å². The molecule has 2 aromatic rings. The van der Waals surface area contributed by atoms with E-state index in [2.05, 4.69) is 25.0 Å². The van der Waals surface area contributed by atoms with Crippen molar-refractivity contribution in [2.24, 2.45) is 5.41 Å². The maximum absolute atomic E-state index is 12.3. The van der Waals surface area contributed by atoms with Crippen molar-refractivity contribution in [3.05, 3.63) is 41.1 Å². The number of ether oxygens (including phenoxy) is 1. The minimum Gasteiger partial charge on any atom is -0.407 e. The van der Waals surface area contributed by atoms with Crippen LogP contribution in [0.25, 0.3) is 5.69 Å². The van der Waals surface area contributed by atoms with E-state index in [1.807, 2.05) is 45.9 Å². The lowest BCUT2D eigenvalue weighted by Gasteiger charge is -2.17. The van der Waals surface area contributed by atoms with Crippen molar-refractivity contribution in [1.82, 2.24) is 9.78 Å². The average Bonchev–Trinajstić information content (AvgIpc) is 2.80. The molecule has 4 nitrogen and oxygen atoms in total. The van der Waals surface area contributed by atoms with Crippen molar-refractivity contribution in [2.75, 3.05) is 0 Å². The van der Waals surface area contributed by atoms with Crippen molar-refractivity contribution in [1.29, 1.82) is 0 Å². The second-order valence-corrected chi connectivity index (χ2v) is 7.07. The van der Waals surface area contributed by atoms with Crippen LogP contribution in [0.1, 0.15) is 50.9 Å². The zero-order valence-electron chi connectivity index (χ0n) is 14.9. The number of carbonyl (C=O) groups excluding carboxylic acids is 1. The van der Waals surface area contributed by atoms with Crippen LogP contribution < -0.4 is 4.74 Å². The third-order valence-corrected chi connectivity index (χ3v) is 3.62. The van der Waals surface area contributed by atoms with Gasteiger partial charge in [-0.3, -0.25) is 4.79 Å². The van der Waals surface area contributed by atoms with Gasteiger partial charge in [0, 0.05) is 6.07 Å². The Labute approximate surface area is 138 Å². The summed E-state index contributed by atoms with van der Waals surface area (Å²) in [5.74, 6) is 0.229. The molecule has 0 N–H and O–H groups in total. The SMILES string of the molecule is CCCc1cc(OC(=O)C(C)(C)C)n(-c2ccc(C)cc2C)n1. The van der Waals surface area contributed by atoms with E-state index in [0.29, 0.717) is 5.88 Å². The number of benzene rings is 1. The molecule has 0 aliphatic carbocycles. The van der Waals surface area contributed by atoms with Gasteiger partial charge in [0.1, 0.15) is 0 Å². The number of rotatable bonds is 4. The van der Waals surface area contributed by atoms with Gasteiger partial charge in [-0.05, 0) is 52.7 Å². The number of nitrogens with zero attached hydrogens (tertiary/aromatic N) is 2. The molecule has 1 aromatic heterocycles. The van der Waals surface area contributed by atoms with E-state index in [0.717, 1.165) is 29.8 Å². The lowest BCUT2D eigenvalue weighted by Crippen LogP contribution is -2.26. The first kappa shape index (κ1) is 17.3. The highest BCUT2D eigenvalue weighted by molar-refractivity contribution is 5.77. The molecule has 0 aliphatic rings. The number of aromatic nitrogens is 2. The van der Waals surface area contributed by atoms with E-state index in [9.17, 15) is 4.79 Å². The van der Waals surface area contributed by atoms with Gasteiger partial charge in [0.25, 0.3) is 0 Å². The van der Waals surface area contributed by atoms with Gasteiger partial charge in [0.05, 0.1) is 16.8 Å². The molecule has 0 bridgehead atoms. The number of carbonyl (C=O) groups is 1. The third kappa shape index (κ3) is 4.01. The Morgan fingerprint density at radius 2 is 1.91 bits per heavy atom. The van der Waals surface area contributed by atoms with Crippen molar-refractivity contribution in [3.8, 4) is 11.6 Å². The van der Waals surface area contributed by atoms with E-state index in [4.69, 9.17) is 4.74 Å². The molecule has 0 saturated heterocycles. The van der Waals surface area contributed by atoms with Crippen molar-refractivity contribution in [2.45, 2.75) is 54.4 Å². The first-order chi connectivity index (χ1) is 10.7. The molecule has 23 heavy (non-hydrogen) atoms. The molecule has 0 aliphatic heterocycles. The molecule has 0 amide bonds. The second-order valence-electron chi connectivity index (χ2n) is 7.07. The molecular formula is C19H26N2O2. The summed E-state index contributed by atoms with van der Waals surface area (Å²) in [5.41, 5.74) is 3.62. The van der Waals surface area contributed by atoms with E-state index in [-0.39, 0.29) is 5.97 Å². The molecular weight excluding hydrogens is 288 g/mol. The maximum atomic E-state index is 12.3. The van der Waals surface area contributed by atoms with Gasteiger partial charge >= 0.3 is 5.97 Å². The fraction of sp³-hybridized carbons (Fsp3) is 0.474. The number of esters is 1. The zero-order valence-corrected chi connectivity index (χ0v) is 14.9. The van der Waals surface area contributed by atoms with Gasteiger partial charge in [-0.15, -0.1) is 0 Å². The highest BCUT2D eigenvalue weighted by atomic mass is 16.5. The Kier molecular flexibility index (Phi) is 4.93. The van der Waals surface area contributed by atoms with Gasteiger partial charge in [-0.25, -0.2) is 4.68 Å². The first-order valence-electron chi connectivity index (χ1n) is 8.11. The predicted octanol–water partition coefficient (Wildman–Crippen LogP) is 4.39. The molecule has 0 spiro atoms. The van der Waals surface area contributed by atoms with E-state index < -0.39 is 5.41 Å². The van der Waals surface area contributed by atoms with Crippen LogP contribution in [0.3, 0.4) is 0 Å². The first-order valence-corrected chi connectivity index (χ1v) is 8.11. The summed E-state index contributed by atoms with van der Waals surface area (Å²) in [4.78, 5) is 12.3. The van der Waals surface area contributed by atoms with Gasteiger partial charge in [0.2, 0.25) is 5.88 Å². The molecule has 2 rings (SSSR count). The van der Waals surface area contributed by atoms with Crippen LogP contribution in [0, 0.1) is 19.3 Å². The van der Waals surface area contributed by atoms with Gasteiger partial charge in [0.15, 0.2) is 0 Å². The van der Waals surface area contributed by atoms with Gasteiger partial charge in [-0.2, -0.15) is 5.10 Å². The highest BCUT2D eigenvalue weighted by Gasteiger charge is 2.26. The third-order valence-electron chi connectivity index (χ3n) is 3.62. The fourth-order valence-corrected chi connectivity index (χ4v) is 2.32. The van der Waals surface area contributed by atoms with Crippen LogP contribution in [-0.4, -0.2) is 15.7 Å². The molecule has 1 heterocycles. The predicted molar refractivity (Wildman–Crippen MR) is 92.1 cm³/mol. The van der Waals surface area contributed by atoms with Crippen LogP contribution >= 0.6 is 0 Å². The molecule has 0 saturated carbocycles. The van der Waals surface area contributed by atoms with Crippen LogP contribution in [0.2, 0.25) is 0 Å². The summed E-state index contributed by atoms with van der Waals surface area (Å²) in [6.07, 6.45) is 1.86. The molecule has 0 fully saturated rings. The summed E-state index contributed by atoms with van der Waals surface area (Å²) >= 11 is 0. The second kappa shape index (κ2) is 6.57. The molecule has 0 unspecified atom stereocenters. The zero-order chi connectivity index (χ0) is 17.2. The monoisotopic (exact) mass is 314 g/mol. The van der Waals surface area contributed by atoms with Gasteiger partial charge in [-0.1, -0.05) is 31.0 Å². The Morgan fingerprint density at radius 3 is 2.48 bits per heavy atom. The van der Waals surface area contributed by atoms with Crippen LogP contribution in [0.4, 0.5) is 0 Å². The average molecular weight is 314 g/mol. The normalized spacial score (nSPS) is 11.6. The van der Waals surface area contributed by atoms with Gasteiger partial charge < -0.3 is 4.74 Å². The Bertz CT molecular complexity index is 709. The lowest BCUT2D eigenvalue weighted by molar-refractivity contribution is -0.143. The quantitative estimate of drug-likeness (QED) is 0.786. The van der Waals surface area contributed by atoms with E-state index >= 15 is 0 Å². The Morgan fingerprint density at radius 1 is 1.22 bits per heavy atom. The topological polar surface area (TPSA) is 44.1 Å². The van der Waals surface area contributed by atoms with Crippen molar-refractivity contribution in [3.63, 3.8) is 0 Å². The summed E-state index contributed by atoms with van der Waals surface area (Å²) < 4.78 is 7.38. The summed E-state index contributed by atoms with van der Waals surface area (Å²) in [6.45, 7) is 11.7. The molecule has 124 valence electrons. The molecule has 4 heteroatoms. The Balaban J connectivity index is 2.46. The molecule has 1 aromatic carbocycles. The fourth-order valence-electron chi connectivity index (χ4n) is 2.32. The standard InChI is InChI=1S/C19H26N2O2/c1-7-8-15-12-17(23-18(22)19(4,5)6)21(20-15)16-10-9-13(2)11-14(16)3/h9-12H,7-8H2,1-6H3. The maximum Gasteiger partial charge on any atom is 0.317 e. The molecule has 0 radical (unpaired) electrons. The summed E-state index contributed by atoms with van der Waals surface area (Å²) in [6, 6.07) is 8.03. The number of aryl methyl sites for hydroxylation is 3. The summed E-state index contributed by atoms with van der Waals surface area (Å²) in [5, 5.41) is 4.64. The van der Waals surface area contributed by atoms with Crippen molar-refractivity contribution < 1.29 is 9.53 Å². The minimum absolute atomic E-state index is 0.258. The summed E-state index contributed by atoms with van der Waals surface area (Å²) in [7, 11) is 0. The van der Waals surface area contributed by atoms with E-state index in [1.165, 1.54) is 5.56 Å². The Hall–Kier alpha value is -2.10. The number of hydrogen-bond donors (Lipinski definition) is 0. The largest absolute Gasteiger partial charge is 0.407 e. The minimum atomic E-state index is -0.553. The van der Waals surface area contributed by atoms with Crippen LogP contribution in [-0.2, 0) is 11.2 Å². The lowest BCUT2D eigenvalue weighted by atomic mass is 9.97. The van der Waals surface area contributed by atoms with Crippen LogP contribution in [0.5, 0.6) is 5.88 Å². The molecule has 0 atom stereocenters.